The molecule has 0 aromatic rings. The topological polar surface area (TPSA) is 48.1 Å². The van der Waals surface area contributed by atoms with Crippen LogP contribution in [0.2, 0.25) is 0 Å². The highest BCUT2D eigenvalue weighted by Crippen LogP contribution is 2.52. The Labute approximate surface area is 275 Å². The third-order valence-electron chi connectivity index (χ3n) is 12.0. The van der Waals surface area contributed by atoms with Crippen molar-refractivity contribution in [2.75, 3.05) is 0 Å². The molecule has 0 radical (unpaired) electrons. The summed E-state index contributed by atoms with van der Waals surface area (Å²) in [5.74, 6) is 4.60. The van der Waals surface area contributed by atoms with Crippen LogP contribution in [0.15, 0.2) is 0 Å². The van der Waals surface area contributed by atoms with Crippen molar-refractivity contribution in [1.29, 1.82) is 0 Å². The molecule has 0 aromatic carbocycles. The van der Waals surface area contributed by atoms with Gasteiger partial charge in [0.2, 0.25) is 0 Å². The lowest BCUT2D eigenvalue weighted by atomic mass is 9.56. The second-order valence-corrected chi connectivity index (χ2v) is 22.3. The first kappa shape index (κ1) is 36.7. The molecular weight excluding hydrogens is 536 g/mol. The van der Waals surface area contributed by atoms with Gasteiger partial charge in [0.15, 0.2) is 0 Å². The van der Waals surface area contributed by atoms with Gasteiger partial charge >= 0.3 is 0 Å². The molecule has 4 heterocycles. The minimum atomic E-state index is 0.174. The average molecular weight is 615 g/mol. The number of hydrogen-bond acceptors (Lipinski definition) is 4. The zero-order valence-electron chi connectivity index (χ0n) is 32.5. The van der Waals surface area contributed by atoms with Crippen molar-refractivity contribution in [2.24, 2.45) is 35.5 Å². The Bertz CT molecular complexity index is 855. The van der Waals surface area contributed by atoms with Gasteiger partial charge in [-0.25, -0.2) is 0 Å². The van der Waals surface area contributed by atoms with Gasteiger partial charge in [0.1, 0.15) is 0 Å². The molecule has 0 spiro atoms. The summed E-state index contributed by atoms with van der Waals surface area (Å²) in [5, 5.41) is 16.2. The van der Waals surface area contributed by atoms with Gasteiger partial charge < -0.3 is 21.3 Å². The zero-order chi connectivity index (χ0) is 33.4. The molecule has 2 unspecified atom stereocenters. The van der Waals surface area contributed by atoms with Crippen LogP contribution in [0.5, 0.6) is 0 Å². The Kier molecular flexibility index (Phi) is 9.81. The van der Waals surface area contributed by atoms with Crippen LogP contribution >= 0.6 is 0 Å². The summed E-state index contributed by atoms with van der Waals surface area (Å²) in [6, 6.07) is 0. The maximum atomic E-state index is 4.07. The van der Waals surface area contributed by atoms with Gasteiger partial charge in [-0.05, 0) is 210 Å². The molecule has 0 amide bonds. The van der Waals surface area contributed by atoms with Crippen molar-refractivity contribution in [1.82, 2.24) is 21.3 Å². The number of nitrogens with one attached hydrogen (secondary N) is 4. The van der Waals surface area contributed by atoms with Crippen molar-refractivity contribution in [3.63, 3.8) is 0 Å². The first-order valence-corrected chi connectivity index (χ1v) is 18.7. The summed E-state index contributed by atoms with van der Waals surface area (Å²) in [4.78, 5) is 0. The Morgan fingerprint density at radius 1 is 0.341 bits per heavy atom. The SMILES string of the molecule is CC1(C)CC(CC(C2CC(C)(C)NC(C)(C)C2)C(CC2CC(C)(C)NC(C)(C)C2)C2CC(C)(C)NC(C)(C)C2)CC(C)(C)N1. The Hall–Kier alpha value is -0.160. The Balaban J connectivity index is 1.79. The smallest absolute Gasteiger partial charge is 0.0132 e. The molecule has 0 bridgehead atoms. The summed E-state index contributed by atoms with van der Waals surface area (Å²) in [5.41, 5.74) is 1.48. The molecule has 4 aliphatic rings. The molecule has 4 heteroatoms. The van der Waals surface area contributed by atoms with E-state index in [0.29, 0.717) is 0 Å². The highest BCUT2D eigenvalue weighted by atomic mass is 15.1. The highest BCUT2D eigenvalue weighted by Gasteiger charge is 2.50. The van der Waals surface area contributed by atoms with E-state index < -0.39 is 0 Å². The van der Waals surface area contributed by atoms with Gasteiger partial charge in [0, 0.05) is 44.3 Å². The maximum absolute atomic E-state index is 4.07. The predicted molar refractivity (Wildman–Crippen MR) is 192 cm³/mol. The van der Waals surface area contributed by atoms with Crippen molar-refractivity contribution < 1.29 is 0 Å². The fraction of sp³-hybridized carbons (Fsp3) is 1.00. The molecule has 4 aliphatic heterocycles. The molecule has 4 nitrogen and oxygen atoms in total. The fourth-order valence-electron chi connectivity index (χ4n) is 13.0. The second kappa shape index (κ2) is 11.8. The lowest BCUT2D eigenvalue weighted by Crippen LogP contribution is -2.62. The third kappa shape index (κ3) is 9.93. The van der Waals surface area contributed by atoms with Crippen LogP contribution in [0.25, 0.3) is 0 Å². The largest absolute Gasteiger partial charge is 0.307 e. The van der Waals surface area contributed by atoms with Crippen molar-refractivity contribution in [3.8, 4) is 0 Å². The summed E-state index contributed by atoms with van der Waals surface area (Å²) in [6.07, 6.45) is 13.2. The van der Waals surface area contributed by atoms with Crippen LogP contribution in [0.1, 0.15) is 175 Å². The van der Waals surface area contributed by atoms with Crippen molar-refractivity contribution in [2.45, 2.75) is 219 Å². The fourth-order valence-corrected chi connectivity index (χ4v) is 13.0. The van der Waals surface area contributed by atoms with Gasteiger partial charge in [0.05, 0.1) is 0 Å². The maximum Gasteiger partial charge on any atom is 0.0132 e. The predicted octanol–water partition coefficient (Wildman–Crippen LogP) is 9.23. The quantitative estimate of drug-likeness (QED) is 0.231. The standard InChI is InChI=1S/C40H78N4/c1-33(2)19-27(20-34(3,4)41-33)17-31(29-23-37(9,10)43-38(11,12)24-29)32(30-25-39(13,14)44-40(15,16)26-30)18-28-21-35(5,6)42-36(7,8)22-28/h27-32,41-44H,17-26H2,1-16H3. The lowest BCUT2D eigenvalue weighted by molar-refractivity contribution is -0.0172. The minimum Gasteiger partial charge on any atom is -0.307 e. The molecule has 0 aliphatic carbocycles. The monoisotopic (exact) mass is 615 g/mol. The molecule has 44 heavy (non-hydrogen) atoms. The van der Waals surface area contributed by atoms with Gasteiger partial charge in [-0.2, -0.15) is 0 Å². The van der Waals surface area contributed by atoms with E-state index in [1.165, 1.54) is 64.2 Å². The van der Waals surface area contributed by atoms with Gasteiger partial charge in [-0.3, -0.25) is 0 Å². The van der Waals surface area contributed by atoms with E-state index in [2.05, 4.69) is 132 Å². The minimum absolute atomic E-state index is 0.174. The first-order chi connectivity index (χ1) is 19.6. The summed E-state index contributed by atoms with van der Waals surface area (Å²) in [7, 11) is 0. The number of piperidine rings is 4. The Morgan fingerprint density at radius 3 is 0.727 bits per heavy atom. The molecule has 4 saturated heterocycles. The number of hydrogen-bond donors (Lipinski definition) is 4. The average Bonchev–Trinajstić information content (AvgIpc) is 2.67. The van der Waals surface area contributed by atoms with Crippen LogP contribution in [0, 0.1) is 35.5 Å². The van der Waals surface area contributed by atoms with Gasteiger partial charge in [-0.15, -0.1) is 0 Å². The van der Waals surface area contributed by atoms with Crippen LogP contribution in [-0.2, 0) is 0 Å². The lowest BCUT2D eigenvalue weighted by Gasteiger charge is -2.56. The molecule has 0 aromatic heterocycles. The van der Waals surface area contributed by atoms with Crippen LogP contribution in [-0.4, -0.2) is 44.3 Å². The van der Waals surface area contributed by atoms with Crippen LogP contribution < -0.4 is 21.3 Å². The second-order valence-electron chi connectivity index (χ2n) is 22.3. The molecular formula is C40H78N4. The van der Waals surface area contributed by atoms with E-state index >= 15 is 0 Å². The van der Waals surface area contributed by atoms with E-state index in [4.69, 9.17) is 0 Å². The third-order valence-corrected chi connectivity index (χ3v) is 12.0. The molecule has 4 rings (SSSR count). The first-order valence-electron chi connectivity index (χ1n) is 18.7. The molecule has 258 valence electrons. The summed E-state index contributed by atoms with van der Waals surface area (Å²) >= 11 is 0. The van der Waals surface area contributed by atoms with E-state index in [1.54, 1.807) is 0 Å². The van der Waals surface area contributed by atoms with E-state index in [-0.39, 0.29) is 44.3 Å². The Morgan fingerprint density at radius 2 is 0.523 bits per heavy atom. The molecule has 2 atom stereocenters. The van der Waals surface area contributed by atoms with Crippen molar-refractivity contribution in [3.05, 3.63) is 0 Å². The van der Waals surface area contributed by atoms with E-state index in [9.17, 15) is 0 Å². The van der Waals surface area contributed by atoms with E-state index in [1.807, 2.05) is 0 Å². The summed E-state index contributed by atoms with van der Waals surface area (Å²) < 4.78 is 0. The molecule has 0 saturated carbocycles. The van der Waals surface area contributed by atoms with Crippen LogP contribution in [0.3, 0.4) is 0 Å². The van der Waals surface area contributed by atoms with Gasteiger partial charge in [0.25, 0.3) is 0 Å². The molecule has 4 fully saturated rings. The summed E-state index contributed by atoms with van der Waals surface area (Å²) in [6.45, 7) is 39.6. The number of rotatable bonds is 7. The highest BCUT2D eigenvalue weighted by molar-refractivity contribution is 5.06. The van der Waals surface area contributed by atoms with Crippen LogP contribution in [0.4, 0.5) is 0 Å². The van der Waals surface area contributed by atoms with E-state index in [0.717, 1.165) is 35.5 Å². The van der Waals surface area contributed by atoms with Gasteiger partial charge in [-0.1, -0.05) is 0 Å². The molecule has 4 N–H and O–H groups in total. The normalized spacial score (nSPS) is 33.0. The van der Waals surface area contributed by atoms with Crippen molar-refractivity contribution >= 4 is 0 Å². The zero-order valence-corrected chi connectivity index (χ0v) is 32.5.